The smallest absolute Gasteiger partial charge is 0.230 e. The molecule has 0 spiro atoms. The first-order valence-electron chi connectivity index (χ1n) is 4.65. The number of carbonyl (C=O) groups is 2. The van der Waals surface area contributed by atoms with E-state index in [0.717, 1.165) is 0 Å². The summed E-state index contributed by atoms with van der Waals surface area (Å²) in [7, 11) is 1.51. The monoisotopic (exact) mass is 201 g/mol. The van der Waals surface area contributed by atoms with Gasteiger partial charge in [0.25, 0.3) is 0 Å². The number of aliphatic hydroxyl groups is 1. The number of ether oxygens (including phenoxy) is 1. The van der Waals surface area contributed by atoms with Gasteiger partial charge in [0.05, 0.1) is 12.6 Å². The molecule has 1 aliphatic rings. The number of aliphatic hydroxyl groups excluding tert-OH is 1. The predicted octanol–water partition coefficient (Wildman–Crippen LogP) is -0.467. The van der Waals surface area contributed by atoms with Crippen LogP contribution in [0.15, 0.2) is 0 Å². The molecule has 5 nitrogen and oxygen atoms in total. The van der Waals surface area contributed by atoms with Gasteiger partial charge in [0.2, 0.25) is 11.8 Å². The number of methoxy groups -OCH3 is 1. The minimum absolute atomic E-state index is 0.0505. The number of amides is 2. The van der Waals surface area contributed by atoms with E-state index in [1.165, 1.54) is 12.0 Å². The van der Waals surface area contributed by atoms with Gasteiger partial charge in [-0.3, -0.25) is 14.5 Å². The molecule has 1 N–H and O–H groups in total. The molecule has 1 unspecified atom stereocenters. The van der Waals surface area contributed by atoms with E-state index in [9.17, 15) is 9.59 Å². The number of carbonyl (C=O) groups excluding carboxylic acids is 2. The second-order valence-electron chi connectivity index (χ2n) is 3.28. The summed E-state index contributed by atoms with van der Waals surface area (Å²) in [6.07, 6.45) is 0.945. The summed E-state index contributed by atoms with van der Waals surface area (Å²) in [5, 5.41) is 8.79. The highest BCUT2D eigenvalue weighted by molar-refractivity contribution is 6.02. The lowest BCUT2D eigenvalue weighted by molar-refractivity contribution is -0.142. The van der Waals surface area contributed by atoms with E-state index in [2.05, 4.69) is 0 Å². The van der Waals surface area contributed by atoms with Gasteiger partial charge in [0.1, 0.15) is 0 Å². The van der Waals surface area contributed by atoms with Gasteiger partial charge in [-0.1, -0.05) is 0 Å². The van der Waals surface area contributed by atoms with Crippen molar-refractivity contribution in [3.8, 4) is 0 Å². The first kappa shape index (κ1) is 11.1. The Hall–Kier alpha value is -0.940. The second kappa shape index (κ2) is 5.07. The van der Waals surface area contributed by atoms with Crippen molar-refractivity contribution in [2.24, 2.45) is 0 Å². The maximum atomic E-state index is 11.3. The first-order chi connectivity index (χ1) is 6.70. The van der Waals surface area contributed by atoms with Crippen LogP contribution in [0.3, 0.4) is 0 Å². The minimum atomic E-state index is -0.313. The number of rotatable bonds is 5. The number of nitrogens with zero attached hydrogens (tertiary/aromatic N) is 1. The number of hydrogen-bond donors (Lipinski definition) is 1. The highest BCUT2D eigenvalue weighted by Gasteiger charge is 2.34. The average Bonchev–Trinajstić information content (AvgIpc) is 2.46. The van der Waals surface area contributed by atoms with E-state index in [1.54, 1.807) is 0 Å². The molecule has 0 aromatic heterocycles. The molecular weight excluding hydrogens is 186 g/mol. The van der Waals surface area contributed by atoms with Crippen LogP contribution in [-0.2, 0) is 14.3 Å². The molecule has 1 aliphatic heterocycles. The summed E-state index contributed by atoms with van der Waals surface area (Å²) >= 11 is 0. The van der Waals surface area contributed by atoms with Gasteiger partial charge in [-0.2, -0.15) is 0 Å². The Morgan fingerprint density at radius 1 is 1.43 bits per heavy atom. The Labute approximate surface area is 82.6 Å². The molecule has 0 bridgehead atoms. The number of likely N-dealkylation sites (tertiary alicyclic amines) is 1. The van der Waals surface area contributed by atoms with E-state index in [4.69, 9.17) is 9.84 Å². The molecule has 0 saturated carbocycles. The summed E-state index contributed by atoms with van der Waals surface area (Å²) in [5.74, 6) is -0.323. The Morgan fingerprint density at radius 3 is 2.43 bits per heavy atom. The van der Waals surface area contributed by atoms with Crippen LogP contribution >= 0.6 is 0 Å². The largest absolute Gasteiger partial charge is 0.396 e. The Kier molecular flexibility index (Phi) is 4.03. The summed E-state index contributed by atoms with van der Waals surface area (Å²) in [6, 6.07) is -0.313. The van der Waals surface area contributed by atoms with Crippen molar-refractivity contribution in [2.75, 3.05) is 20.3 Å². The van der Waals surface area contributed by atoms with Crippen molar-refractivity contribution in [3.05, 3.63) is 0 Å². The Balaban J connectivity index is 2.65. The molecule has 0 aromatic carbocycles. The van der Waals surface area contributed by atoms with Crippen molar-refractivity contribution >= 4 is 11.8 Å². The first-order valence-corrected chi connectivity index (χ1v) is 4.65. The third kappa shape index (κ3) is 2.30. The van der Waals surface area contributed by atoms with Gasteiger partial charge in [0, 0.05) is 26.6 Å². The molecule has 0 radical (unpaired) electrons. The number of imide groups is 1. The Morgan fingerprint density at radius 2 is 2.00 bits per heavy atom. The average molecular weight is 201 g/mol. The van der Waals surface area contributed by atoms with Crippen LogP contribution in [0.4, 0.5) is 0 Å². The van der Waals surface area contributed by atoms with Crippen LogP contribution in [0.5, 0.6) is 0 Å². The van der Waals surface area contributed by atoms with Crippen LogP contribution < -0.4 is 0 Å². The van der Waals surface area contributed by atoms with E-state index < -0.39 is 0 Å². The fraction of sp³-hybridized carbons (Fsp3) is 0.778. The molecule has 1 saturated heterocycles. The highest BCUT2D eigenvalue weighted by Crippen LogP contribution is 2.17. The molecule has 0 aromatic rings. The minimum Gasteiger partial charge on any atom is -0.396 e. The molecule has 1 heterocycles. The normalized spacial score (nSPS) is 19.1. The van der Waals surface area contributed by atoms with Crippen LogP contribution in [0.25, 0.3) is 0 Å². The van der Waals surface area contributed by atoms with Gasteiger partial charge in [-0.05, 0) is 6.42 Å². The topological polar surface area (TPSA) is 66.8 Å². The maximum Gasteiger partial charge on any atom is 0.230 e. The fourth-order valence-corrected chi connectivity index (χ4v) is 1.63. The van der Waals surface area contributed by atoms with E-state index >= 15 is 0 Å². The van der Waals surface area contributed by atoms with Crippen molar-refractivity contribution in [1.82, 2.24) is 4.90 Å². The lowest BCUT2D eigenvalue weighted by Crippen LogP contribution is -2.42. The molecule has 5 heteroatoms. The molecule has 2 amide bonds. The van der Waals surface area contributed by atoms with Crippen LogP contribution in [0.2, 0.25) is 0 Å². The molecule has 14 heavy (non-hydrogen) atoms. The maximum absolute atomic E-state index is 11.3. The highest BCUT2D eigenvalue weighted by atomic mass is 16.5. The quantitative estimate of drug-likeness (QED) is 0.611. The summed E-state index contributed by atoms with van der Waals surface area (Å²) < 4.78 is 4.91. The van der Waals surface area contributed by atoms with Gasteiger partial charge in [-0.15, -0.1) is 0 Å². The molecular formula is C9H15NO4. The lowest BCUT2D eigenvalue weighted by Gasteiger charge is -2.24. The standard InChI is InChI=1S/C9H15NO4/c1-14-6-7(4-5-11)10-8(12)2-3-9(10)13/h7,11H,2-6H2,1H3. The fourth-order valence-electron chi connectivity index (χ4n) is 1.63. The summed E-state index contributed by atoms with van der Waals surface area (Å²) in [6.45, 7) is 0.239. The third-order valence-electron chi connectivity index (χ3n) is 2.28. The van der Waals surface area contributed by atoms with Crippen molar-refractivity contribution in [1.29, 1.82) is 0 Å². The van der Waals surface area contributed by atoms with Crippen molar-refractivity contribution in [2.45, 2.75) is 25.3 Å². The predicted molar refractivity (Wildman–Crippen MR) is 48.5 cm³/mol. The van der Waals surface area contributed by atoms with Crippen molar-refractivity contribution in [3.63, 3.8) is 0 Å². The third-order valence-corrected chi connectivity index (χ3v) is 2.28. The van der Waals surface area contributed by atoms with Gasteiger partial charge in [-0.25, -0.2) is 0 Å². The summed E-state index contributed by atoms with van der Waals surface area (Å²) in [4.78, 5) is 23.9. The molecule has 1 fully saturated rings. The molecule has 80 valence electrons. The van der Waals surface area contributed by atoms with Crippen LogP contribution in [0.1, 0.15) is 19.3 Å². The van der Waals surface area contributed by atoms with Gasteiger partial charge >= 0.3 is 0 Å². The molecule has 0 aliphatic carbocycles. The number of hydrogen-bond acceptors (Lipinski definition) is 4. The van der Waals surface area contributed by atoms with Crippen molar-refractivity contribution < 1.29 is 19.4 Å². The van der Waals surface area contributed by atoms with E-state index in [-0.39, 0.29) is 43.9 Å². The van der Waals surface area contributed by atoms with E-state index in [1.807, 2.05) is 0 Å². The van der Waals surface area contributed by atoms with Crippen LogP contribution in [-0.4, -0.2) is 48.2 Å². The Bertz CT molecular complexity index is 207. The van der Waals surface area contributed by atoms with Crippen LogP contribution in [0, 0.1) is 0 Å². The SMILES string of the molecule is COCC(CCO)N1C(=O)CCC1=O. The second-order valence-corrected chi connectivity index (χ2v) is 3.28. The zero-order chi connectivity index (χ0) is 10.6. The van der Waals surface area contributed by atoms with E-state index in [0.29, 0.717) is 6.42 Å². The molecule has 1 atom stereocenters. The van der Waals surface area contributed by atoms with Gasteiger partial charge < -0.3 is 9.84 Å². The molecule has 1 rings (SSSR count). The lowest BCUT2D eigenvalue weighted by atomic mass is 10.2. The zero-order valence-electron chi connectivity index (χ0n) is 8.23. The zero-order valence-corrected chi connectivity index (χ0v) is 8.23. The van der Waals surface area contributed by atoms with Gasteiger partial charge in [0.15, 0.2) is 0 Å². The summed E-state index contributed by atoms with van der Waals surface area (Å²) in [5.41, 5.74) is 0.